The van der Waals surface area contributed by atoms with Gasteiger partial charge in [-0.15, -0.1) is 0 Å². The van der Waals surface area contributed by atoms with Gasteiger partial charge in [0.2, 0.25) is 0 Å². The zero-order chi connectivity index (χ0) is 13.8. The zero-order valence-electron chi connectivity index (χ0n) is 10.8. The van der Waals surface area contributed by atoms with Crippen molar-refractivity contribution < 1.29 is 4.79 Å². The lowest BCUT2D eigenvalue weighted by Gasteiger charge is -2.17. The number of hydrogen-bond donors (Lipinski definition) is 0. The molecule has 2 aromatic heterocycles. The number of amides is 1. The van der Waals surface area contributed by atoms with Crippen molar-refractivity contribution in [3.05, 3.63) is 58.1 Å². The average Bonchev–Trinajstić information content (AvgIpc) is 2.38. The second-order valence-electron chi connectivity index (χ2n) is 4.30. The molecule has 2 rings (SSSR count). The summed E-state index contributed by atoms with van der Waals surface area (Å²) in [6.07, 6.45) is 1.61. The Morgan fingerprint density at radius 1 is 1.37 bits per heavy atom. The lowest BCUT2D eigenvalue weighted by atomic mass is 10.2. The monoisotopic (exact) mass is 319 g/mol. The van der Waals surface area contributed by atoms with Gasteiger partial charge in [-0.05, 0) is 47.1 Å². The van der Waals surface area contributed by atoms with Crippen LogP contribution in [0.2, 0.25) is 0 Å². The minimum absolute atomic E-state index is 0.0496. The predicted octanol–water partition coefficient (Wildman–Crippen LogP) is 2.82. The van der Waals surface area contributed by atoms with Crippen LogP contribution in [0.1, 0.15) is 21.7 Å². The summed E-state index contributed by atoms with van der Waals surface area (Å²) in [5.41, 5.74) is 2.44. The number of carbonyl (C=O) groups is 1. The Hall–Kier alpha value is -1.75. The molecule has 98 valence electrons. The molecule has 0 atom stereocenters. The lowest BCUT2D eigenvalue weighted by molar-refractivity contribution is 0.0783. The first-order valence-electron chi connectivity index (χ1n) is 5.86. The zero-order valence-corrected chi connectivity index (χ0v) is 12.4. The Labute approximate surface area is 120 Å². The topological polar surface area (TPSA) is 46.1 Å². The third-order valence-corrected chi connectivity index (χ3v) is 3.10. The van der Waals surface area contributed by atoms with Crippen molar-refractivity contribution in [1.29, 1.82) is 0 Å². The highest BCUT2D eigenvalue weighted by molar-refractivity contribution is 9.10. The van der Waals surface area contributed by atoms with Crippen LogP contribution in [0, 0.1) is 6.92 Å². The van der Waals surface area contributed by atoms with E-state index in [2.05, 4.69) is 25.9 Å². The Bertz CT molecular complexity index is 601. The molecule has 2 heterocycles. The normalized spacial score (nSPS) is 10.3. The molecule has 4 nitrogen and oxygen atoms in total. The molecule has 0 aliphatic rings. The van der Waals surface area contributed by atoms with E-state index in [0.717, 1.165) is 11.4 Å². The first-order valence-corrected chi connectivity index (χ1v) is 6.65. The number of halogens is 1. The van der Waals surface area contributed by atoms with E-state index in [1.165, 1.54) is 0 Å². The molecule has 0 aliphatic carbocycles. The summed E-state index contributed by atoms with van der Waals surface area (Å²) in [5, 5.41) is 0. The number of rotatable bonds is 3. The van der Waals surface area contributed by atoms with Crippen LogP contribution in [-0.2, 0) is 6.54 Å². The minimum Gasteiger partial charge on any atom is -0.336 e. The van der Waals surface area contributed by atoms with Gasteiger partial charge in [0.15, 0.2) is 0 Å². The summed E-state index contributed by atoms with van der Waals surface area (Å²) in [7, 11) is 1.76. The molecule has 2 aromatic rings. The van der Waals surface area contributed by atoms with Crippen molar-refractivity contribution in [2.75, 3.05) is 7.05 Å². The molecule has 0 bridgehead atoms. The Morgan fingerprint density at radius 3 is 2.84 bits per heavy atom. The highest BCUT2D eigenvalue weighted by Crippen LogP contribution is 2.11. The van der Waals surface area contributed by atoms with Gasteiger partial charge in [0.25, 0.3) is 5.91 Å². The Balaban J connectivity index is 2.12. The SMILES string of the molecule is Cc1cccc(CN(C)C(=O)c2ccnc(Br)c2)n1. The number of aromatic nitrogens is 2. The van der Waals surface area contributed by atoms with Crippen LogP contribution in [0.3, 0.4) is 0 Å². The third-order valence-electron chi connectivity index (χ3n) is 2.67. The van der Waals surface area contributed by atoms with Gasteiger partial charge in [0, 0.05) is 24.5 Å². The first-order chi connectivity index (χ1) is 9.06. The third kappa shape index (κ3) is 3.61. The lowest BCUT2D eigenvalue weighted by Crippen LogP contribution is -2.26. The van der Waals surface area contributed by atoms with Crippen LogP contribution in [0.4, 0.5) is 0 Å². The number of hydrogen-bond acceptors (Lipinski definition) is 3. The van der Waals surface area contributed by atoms with Crippen LogP contribution in [0.15, 0.2) is 41.1 Å². The van der Waals surface area contributed by atoms with Gasteiger partial charge >= 0.3 is 0 Å². The van der Waals surface area contributed by atoms with Gasteiger partial charge in [-0.25, -0.2) is 4.98 Å². The molecule has 5 heteroatoms. The van der Waals surface area contributed by atoms with Gasteiger partial charge in [0.05, 0.1) is 12.2 Å². The molecule has 0 saturated carbocycles. The minimum atomic E-state index is -0.0496. The van der Waals surface area contributed by atoms with E-state index in [4.69, 9.17) is 0 Å². The van der Waals surface area contributed by atoms with E-state index in [1.807, 2.05) is 25.1 Å². The Morgan fingerprint density at radius 2 is 2.16 bits per heavy atom. The quantitative estimate of drug-likeness (QED) is 0.817. The van der Waals surface area contributed by atoms with E-state index in [1.54, 1.807) is 30.3 Å². The van der Waals surface area contributed by atoms with Crippen LogP contribution >= 0.6 is 15.9 Å². The molecule has 0 fully saturated rings. The van der Waals surface area contributed by atoms with Gasteiger partial charge in [0.1, 0.15) is 4.60 Å². The van der Waals surface area contributed by atoms with Crippen LogP contribution in [-0.4, -0.2) is 27.8 Å². The number of aryl methyl sites for hydroxylation is 1. The summed E-state index contributed by atoms with van der Waals surface area (Å²) in [4.78, 5) is 22.3. The summed E-state index contributed by atoms with van der Waals surface area (Å²) < 4.78 is 0.653. The second-order valence-corrected chi connectivity index (χ2v) is 5.11. The van der Waals surface area contributed by atoms with E-state index < -0.39 is 0 Å². The maximum absolute atomic E-state index is 12.2. The number of pyridine rings is 2. The van der Waals surface area contributed by atoms with Crippen LogP contribution in [0.25, 0.3) is 0 Å². The van der Waals surface area contributed by atoms with Gasteiger partial charge < -0.3 is 4.90 Å². The van der Waals surface area contributed by atoms with E-state index >= 15 is 0 Å². The standard InChI is InChI=1S/C14H14BrN3O/c1-10-4-3-5-12(17-10)9-18(2)14(19)11-6-7-16-13(15)8-11/h3-8H,9H2,1-2H3. The molecule has 0 saturated heterocycles. The molecule has 0 aliphatic heterocycles. The Kier molecular flexibility index (Phi) is 4.27. The van der Waals surface area contributed by atoms with Gasteiger partial charge in [-0.3, -0.25) is 9.78 Å². The number of carbonyl (C=O) groups excluding carboxylic acids is 1. The first kappa shape index (κ1) is 13.7. The van der Waals surface area contributed by atoms with E-state index in [9.17, 15) is 4.79 Å². The summed E-state index contributed by atoms with van der Waals surface area (Å²) in [6.45, 7) is 2.42. The summed E-state index contributed by atoms with van der Waals surface area (Å²) in [6, 6.07) is 9.21. The highest BCUT2D eigenvalue weighted by atomic mass is 79.9. The fourth-order valence-corrected chi connectivity index (χ4v) is 2.12. The van der Waals surface area contributed by atoms with Crippen LogP contribution in [0.5, 0.6) is 0 Å². The molecular weight excluding hydrogens is 306 g/mol. The molecule has 0 spiro atoms. The predicted molar refractivity (Wildman–Crippen MR) is 76.7 cm³/mol. The fourth-order valence-electron chi connectivity index (χ4n) is 1.76. The molecule has 1 amide bonds. The second kappa shape index (κ2) is 5.93. The average molecular weight is 320 g/mol. The van der Waals surface area contributed by atoms with Crippen molar-refractivity contribution in [3.8, 4) is 0 Å². The largest absolute Gasteiger partial charge is 0.336 e. The molecule has 0 N–H and O–H groups in total. The summed E-state index contributed by atoms with van der Waals surface area (Å²) >= 11 is 3.26. The van der Waals surface area contributed by atoms with Crippen molar-refractivity contribution >= 4 is 21.8 Å². The molecule has 0 radical (unpaired) electrons. The van der Waals surface area contributed by atoms with Crippen molar-refractivity contribution in [2.24, 2.45) is 0 Å². The molecule has 19 heavy (non-hydrogen) atoms. The van der Waals surface area contributed by atoms with E-state index in [-0.39, 0.29) is 5.91 Å². The summed E-state index contributed by atoms with van der Waals surface area (Å²) in [5.74, 6) is -0.0496. The van der Waals surface area contributed by atoms with Crippen LogP contribution < -0.4 is 0 Å². The van der Waals surface area contributed by atoms with Crippen molar-refractivity contribution in [3.63, 3.8) is 0 Å². The van der Waals surface area contributed by atoms with Gasteiger partial charge in [-0.1, -0.05) is 6.07 Å². The molecular formula is C14H14BrN3O. The van der Waals surface area contributed by atoms with Crippen molar-refractivity contribution in [2.45, 2.75) is 13.5 Å². The molecule has 0 unspecified atom stereocenters. The molecule has 0 aromatic carbocycles. The fraction of sp³-hybridized carbons (Fsp3) is 0.214. The highest BCUT2D eigenvalue weighted by Gasteiger charge is 2.13. The maximum atomic E-state index is 12.2. The number of nitrogens with zero attached hydrogens (tertiary/aromatic N) is 3. The van der Waals surface area contributed by atoms with Gasteiger partial charge in [-0.2, -0.15) is 0 Å². The van der Waals surface area contributed by atoms with Crippen molar-refractivity contribution in [1.82, 2.24) is 14.9 Å². The maximum Gasteiger partial charge on any atom is 0.254 e. The van der Waals surface area contributed by atoms with E-state index in [0.29, 0.717) is 16.7 Å². The smallest absolute Gasteiger partial charge is 0.254 e.